The number of nitrogens with zero attached hydrogens (tertiary/aromatic N) is 1. The molecule has 0 unspecified atom stereocenters. The lowest BCUT2D eigenvalue weighted by atomic mass is 9.80. The summed E-state index contributed by atoms with van der Waals surface area (Å²) in [6.45, 7) is 1.69. The van der Waals surface area contributed by atoms with E-state index in [9.17, 15) is 22.8 Å². The number of nitrogens with two attached hydrogens (primary N) is 1. The van der Waals surface area contributed by atoms with E-state index < -0.39 is 29.1 Å². The number of carbonyl (C=O) groups is 2. The van der Waals surface area contributed by atoms with Crippen LogP contribution in [0, 0.1) is 11.3 Å². The largest absolute Gasteiger partial charge is 0.416 e. The first-order valence-corrected chi connectivity index (χ1v) is 11.5. The molecule has 1 aromatic carbocycles. The number of amides is 3. The predicted octanol–water partition coefficient (Wildman–Crippen LogP) is 1.87. The maximum Gasteiger partial charge on any atom is 0.416 e. The maximum absolute atomic E-state index is 12.9. The fraction of sp³-hybridized carbons (Fsp3) is 0.652. The van der Waals surface area contributed by atoms with Gasteiger partial charge in [-0.25, -0.2) is 4.79 Å². The molecular formula is C23H31F3N4O4. The Morgan fingerprint density at radius 1 is 1.35 bits per heavy atom. The van der Waals surface area contributed by atoms with Gasteiger partial charge in [-0.15, -0.1) is 0 Å². The molecule has 34 heavy (non-hydrogen) atoms. The van der Waals surface area contributed by atoms with E-state index in [0.29, 0.717) is 38.2 Å². The highest BCUT2D eigenvalue weighted by atomic mass is 19.4. The molecule has 4 rings (SSSR count). The summed E-state index contributed by atoms with van der Waals surface area (Å²) in [7, 11) is 1.65. The highest BCUT2D eigenvalue weighted by Crippen LogP contribution is 2.49. The van der Waals surface area contributed by atoms with Crippen LogP contribution in [0.4, 0.5) is 18.0 Å². The van der Waals surface area contributed by atoms with Crippen molar-refractivity contribution in [2.45, 2.75) is 50.2 Å². The van der Waals surface area contributed by atoms with Crippen molar-refractivity contribution < 1.29 is 32.2 Å². The minimum absolute atomic E-state index is 0.0418. The van der Waals surface area contributed by atoms with Crippen molar-refractivity contribution in [2.75, 3.05) is 33.4 Å². The monoisotopic (exact) mass is 484 g/mol. The Labute approximate surface area is 196 Å². The van der Waals surface area contributed by atoms with Crippen molar-refractivity contribution in [3.8, 4) is 0 Å². The van der Waals surface area contributed by atoms with Gasteiger partial charge in [0.15, 0.2) is 0 Å². The second-order valence-corrected chi connectivity index (χ2v) is 9.50. The number of ether oxygens (including phenoxy) is 2. The van der Waals surface area contributed by atoms with E-state index in [1.807, 2.05) is 0 Å². The van der Waals surface area contributed by atoms with E-state index in [2.05, 4.69) is 10.6 Å². The normalized spacial score (nSPS) is 31.4. The summed E-state index contributed by atoms with van der Waals surface area (Å²) in [6, 6.07) is 4.63. The van der Waals surface area contributed by atoms with E-state index >= 15 is 0 Å². The van der Waals surface area contributed by atoms with Gasteiger partial charge in [0.1, 0.15) is 0 Å². The number of benzene rings is 1. The molecule has 0 aromatic heterocycles. The Bertz CT molecular complexity index is 914. The third-order valence-corrected chi connectivity index (χ3v) is 7.41. The minimum Gasteiger partial charge on any atom is -0.379 e. The minimum atomic E-state index is -4.45. The first-order valence-electron chi connectivity index (χ1n) is 11.5. The molecule has 3 aliphatic rings. The number of nitrogens with one attached hydrogen (secondary N) is 2. The summed E-state index contributed by atoms with van der Waals surface area (Å²) in [5.74, 6) is -0.507. The number of carbonyl (C=O) groups excluding carboxylic acids is 2. The number of urea groups is 1. The molecule has 1 aliphatic carbocycles. The van der Waals surface area contributed by atoms with E-state index in [4.69, 9.17) is 15.2 Å². The summed E-state index contributed by atoms with van der Waals surface area (Å²) < 4.78 is 49.8. The van der Waals surface area contributed by atoms with Crippen molar-refractivity contribution in [3.05, 3.63) is 35.4 Å². The van der Waals surface area contributed by atoms with Gasteiger partial charge in [-0.3, -0.25) is 4.79 Å². The second kappa shape index (κ2) is 9.71. The molecule has 11 heteroatoms. The summed E-state index contributed by atoms with van der Waals surface area (Å²) >= 11 is 0. The van der Waals surface area contributed by atoms with Gasteiger partial charge >= 0.3 is 12.2 Å². The molecular weight excluding hydrogens is 453 g/mol. The zero-order chi connectivity index (χ0) is 24.5. The summed E-state index contributed by atoms with van der Waals surface area (Å²) in [5, 5.41) is 6.29. The van der Waals surface area contributed by atoms with Crippen molar-refractivity contribution in [1.29, 1.82) is 0 Å². The summed E-state index contributed by atoms with van der Waals surface area (Å²) in [5.41, 5.74) is 4.60. The Hall–Kier alpha value is -2.37. The Kier molecular flexibility index (Phi) is 7.07. The lowest BCUT2D eigenvalue weighted by molar-refractivity contribution is -0.137. The maximum atomic E-state index is 12.9. The summed E-state index contributed by atoms with van der Waals surface area (Å²) in [4.78, 5) is 26.8. The Morgan fingerprint density at radius 3 is 2.82 bits per heavy atom. The van der Waals surface area contributed by atoms with Crippen LogP contribution in [0.2, 0.25) is 0 Å². The molecule has 5 atom stereocenters. The zero-order valence-corrected chi connectivity index (χ0v) is 19.1. The van der Waals surface area contributed by atoms with Crippen LogP contribution in [0.5, 0.6) is 0 Å². The van der Waals surface area contributed by atoms with Crippen LogP contribution < -0.4 is 16.4 Å². The average molecular weight is 485 g/mol. The lowest BCUT2D eigenvalue weighted by Crippen LogP contribution is -2.51. The lowest BCUT2D eigenvalue weighted by Gasteiger charge is -2.34. The third-order valence-electron chi connectivity index (χ3n) is 7.41. The number of hydrogen-bond acceptors (Lipinski definition) is 5. The molecule has 1 saturated carbocycles. The highest BCUT2D eigenvalue weighted by molar-refractivity contribution is 5.84. The van der Waals surface area contributed by atoms with E-state index in [0.717, 1.165) is 18.6 Å². The summed E-state index contributed by atoms with van der Waals surface area (Å²) in [6.07, 6.45) is -2.46. The van der Waals surface area contributed by atoms with Crippen molar-refractivity contribution in [3.63, 3.8) is 0 Å². The number of halogens is 3. The zero-order valence-electron chi connectivity index (χ0n) is 19.1. The number of hydrogen-bond donors (Lipinski definition) is 3. The van der Waals surface area contributed by atoms with Gasteiger partial charge in [-0.05, 0) is 42.9 Å². The molecule has 2 heterocycles. The van der Waals surface area contributed by atoms with Crippen LogP contribution in [-0.2, 0) is 27.0 Å². The SMILES string of the molecule is CO[C@@H]1COCC[C@@H]1N[C@@H]1C[C@H]2CN(C(=O)NCc3cccc(C(F)(F)F)c3)C[C@@]2(C(N)=O)C1. The predicted molar refractivity (Wildman–Crippen MR) is 117 cm³/mol. The molecule has 2 saturated heterocycles. The highest BCUT2D eigenvalue weighted by Gasteiger charge is 2.57. The smallest absolute Gasteiger partial charge is 0.379 e. The van der Waals surface area contributed by atoms with Crippen LogP contribution in [0.1, 0.15) is 30.4 Å². The topological polar surface area (TPSA) is 106 Å². The third kappa shape index (κ3) is 5.01. The molecule has 3 fully saturated rings. The van der Waals surface area contributed by atoms with Gasteiger partial charge in [0, 0.05) is 45.4 Å². The molecule has 2 aliphatic heterocycles. The first kappa shape index (κ1) is 24.7. The van der Waals surface area contributed by atoms with Crippen LogP contribution in [0.3, 0.4) is 0 Å². The molecule has 188 valence electrons. The van der Waals surface area contributed by atoms with E-state index in [1.165, 1.54) is 12.1 Å². The van der Waals surface area contributed by atoms with Gasteiger partial charge in [-0.2, -0.15) is 13.2 Å². The van der Waals surface area contributed by atoms with Gasteiger partial charge in [0.2, 0.25) is 5.91 Å². The van der Waals surface area contributed by atoms with Gasteiger partial charge in [0.05, 0.1) is 23.7 Å². The van der Waals surface area contributed by atoms with Crippen LogP contribution in [-0.4, -0.2) is 68.4 Å². The Balaban J connectivity index is 1.35. The number of methoxy groups -OCH3 is 1. The van der Waals surface area contributed by atoms with Crippen molar-refractivity contribution in [2.24, 2.45) is 17.1 Å². The van der Waals surface area contributed by atoms with Crippen LogP contribution >= 0.6 is 0 Å². The van der Waals surface area contributed by atoms with Gasteiger partial charge < -0.3 is 30.7 Å². The average Bonchev–Trinajstić information content (AvgIpc) is 3.33. The van der Waals surface area contributed by atoms with Crippen LogP contribution in [0.15, 0.2) is 24.3 Å². The number of rotatable bonds is 6. The van der Waals surface area contributed by atoms with E-state index in [-0.39, 0.29) is 37.2 Å². The molecule has 0 bridgehead atoms. The molecule has 0 spiro atoms. The van der Waals surface area contributed by atoms with E-state index in [1.54, 1.807) is 12.0 Å². The quantitative estimate of drug-likeness (QED) is 0.572. The fourth-order valence-electron chi connectivity index (χ4n) is 5.62. The number of fused-ring (bicyclic) bond motifs is 1. The molecule has 1 aromatic rings. The van der Waals surface area contributed by atoms with Gasteiger partial charge in [-0.1, -0.05) is 12.1 Å². The standard InChI is InChI=1S/C23H31F3N4O4/c1-33-19-12-34-6-5-18(19)29-17-8-16-11-30(13-22(16,9-17)20(27)31)21(32)28-10-14-3-2-4-15(7-14)23(24,25)26/h2-4,7,16-19,29H,5-6,8-13H2,1H3,(H2,27,31)(H,28,32)/t16-,17+,18-,19+,22-/m0/s1. The molecule has 4 N–H and O–H groups in total. The first-order chi connectivity index (χ1) is 16.1. The molecule has 0 radical (unpaired) electrons. The molecule has 3 amide bonds. The van der Waals surface area contributed by atoms with Crippen molar-refractivity contribution >= 4 is 11.9 Å². The Morgan fingerprint density at radius 2 is 2.15 bits per heavy atom. The second-order valence-electron chi connectivity index (χ2n) is 9.50. The van der Waals surface area contributed by atoms with Crippen LogP contribution in [0.25, 0.3) is 0 Å². The molecule has 8 nitrogen and oxygen atoms in total. The number of alkyl halides is 3. The number of likely N-dealkylation sites (tertiary alicyclic amines) is 1. The fourth-order valence-corrected chi connectivity index (χ4v) is 5.62. The van der Waals surface area contributed by atoms with Crippen molar-refractivity contribution in [1.82, 2.24) is 15.5 Å². The van der Waals surface area contributed by atoms with Gasteiger partial charge in [0.25, 0.3) is 0 Å². The number of primary amides is 1.